The molecule has 2 heterocycles. The van der Waals surface area contributed by atoms with E-state index in [-0.39, 0.29) is 18.1 Å². The van der Waals surface area contributed by atoms with Crippen molar-refractivity contribution in [3.8, 4) is 5.75 Å². The molecule has 2 aliphatic heterocycles. The summed E-state index contributed by atoms with van der Waals surface area (Å²) in [7, 11) is 1.70. The summed E-state index contributed by atoms with van der Waals surface area (Å²) in [4.78, 5) is 17.6. The topological polar surface area (TPSA) is 42.0 Å². The number of halogens is 3. The Morgan fingerprint density at radius 2 is 1.83 bits per heavy atom. The predicted molar refractivity (Wildman–Crippen MR) is 127 cm³/mol. The Kier molecular flexibility index (Phi) is 8.34. The maximum absolute atomic E-state index is 13.5. The number of hydrogen-bond acceptors (Lipinski definition) is 4. The van der Waals surface area contributed by atoms with Crippen molar-refractivity contribution in [2.45, 2.75) is 57.0 Å². The third kappa shape index (κ3) is 6.35. The maximum Gasteiger partial charge on any atom is 0.416 e. The number of fused-ring (bicyclic) bond motifs is 2. The van der Waals surface area contributed by atoms with Gasteiger partial charge in [0.2, 0.25) is 0 Å². The third-order valence-corrected chi connectivity index (χ3v) is 6.95. The number of piperidine rings is 1. The molecule has 8 heteroatoms. The number of nitrogens with zero attached hydrogens (tertiary/aromatic N) is 2. The standard InChI is InChI=1S/C27H33F3N2O3/c1-34-25-13-7-15-32-23(25)11-4-5-14-31(19-20-8-6-9-21(18-20)27(28,29)30)16-17-35-24-12-3-2-10-22(24)26(32)33/h2-3,6,8-10,12,18,23,25H,4-5,7,11,13-17,19H2,1H3/t23-,25-/m0/s1. The van der Waals surface area contributed by atoms with E-state index >= 15 is 0 Å². The predicted octanol–water partition coefficient (Wildman–Crippen LogP) is 5.39. The van der Waals surface area contributed by atoms with Gasteiger partial charge in [0, 0.05) is 26.7 Å². The van der Waals surface area contributed by atoms with Gasteiger partial charge in [-0.25, -0.2) is 0 Å². The Morgan fingerprint density at radius 1 is 1.00 bits per heavy atom. The van der Waals surface area contributed by atoms with E-state index in [4.69, 9.17) is 9.47 Å². The summed E-state index contributed by atoms with van der Waals surface area (Å²) in [5.74, 6) is 0.501. The fourth-order valence-electron chi connectivity index (χ4n) is 5.16. The first-order valence-electron chi connectivity index (χ1n) is 12.3. The van der Waals surface area contributed by atoms with Crippen LogP contribution in [-0.4, -0.2) is 61.2 Å². The van der Waals surface area contributed by atoms with Crippen LogP contribution in [0.1, 0.15) is 53.6 Å². The van der Waals surface area contributed by atoms with Crippen molar-refractivity contribution in [2.24, 2.45) is 0 Å². The van der Waals surface area contributed by atoms with E-state index in [9.17, 15) is 18.0 Å². The normalized spacial score (nSPS) is 22.7. The van der Waals surface area contributed by atoms with Crippen LogP contribution in [0.5, 0.6) is 5.75 Å². The Hall–Kier alpha value is -2.58. The van der Waals surface area contributed by atoms with Gasteiger partial charge in [-0.2, -0.15) is 13.2 Å². The minimum Gasteiger partial charge on any atom is -0.491 e. The number of methoxy groups -OCH3 is 1. The molecule has 1 saturated heterocycles. The molecule has 0 spiro atoms. The number of benzene rings is 2. The Bertz CT molecular complexity index is 998. The van der Waals surface area contributed by atoms with Crippen molar-refractivity contribution in [2.75, 3.05) is 33.4 Å². The molecule has 0 aromatic heterocycles. The maximum atomic E-state index is 13.5. The minimum atomic E-state index is -4.36. The molecule has 0 saturated carbocycles. The molecule has 2 aromatic rings. The molecule has 0 radical (unpaired) electrons. The van der Waals surface area contributed by atoms with Crippen molar-refractivity contribution in [3.63, 3.8) is 0 Å². The average molecular weight is 491 g/mol. The van der Waals surface area contributed by atoms with Crippen LogP contribution < -0.4 is 4.74 Å². The summed E-state index contributed by atoms with van der Waals surface area (Å²) in [6, 6.07) is 12.8. The van der Waals surface area contributed by atoms with Crippen molar-refractivity contribution < 1.29 is 27.4 Å². The fourth-order valence-corrected chi connectivity index (χ4v) is 5.16. The van der Waals surface area contributed by atoms with Gasteiger partial charge in [0.05, 0.1) is 23.3 Å². The number of para-hydroxylation sites is 1. The van der Waals surface area contributed by atoms with Crippen LogP contribution in [0.4, 0.5) is 13.2 Å². The Balaban J connectivity index is 1.55. The van der Waals surface area contributed by atoms with Crippen molar-refractivity contribution >= 4 is 5.91 Å². The Morgan fingerprint density at radius 3 is 2.63 bits per heavy atom. The summed E-state index contributed by atoms with van der Waals surface area (Å²) in [6.07, 6.45) is 0.0482. The highest BCUT2D eigenvalue weighted by atomic mass is 19.4. The first-order chi connectivity index (χ1) is 16.9. The number of amides is 1. The molecule has 2 aliphatic rings. The summed E-state index contributed by atoms with van der Waals surface area (Å²) >= 11 is 0. The largest absolute Gasteiger partial charge is 0.491 e. The third-order valence-electron chi connectivity index (χ3n) is 6.95. The number of ether oxygens (including phenoxy) is 2. The molecule has 35 heavy (non-hydrogen) atoms. The van der Waals surface area contributed by atoms with Crippen molar-refractivity contribution in [1.82, 2.24) is 9.80 Å². The number of carbonyl (C=O) groups is 1. The highest BCUT2D eigenvalue weighted by molar-refractivity contribution is 5.97. The fraction of sp³-hybridized carbons (Fsp3) is 0.519. The van der Waals surface area contributed by atoms with E-state index in [0.717, 1.165) is 44.7 Å². The van der Waals surface area contributed by atoms with E-state index in [2.05, 4.69) is 4.90 Å². The molecule has 4 rings (SSSR count). The number of hydrogen-bond donors (Lipinski definition) is 0. The molecule has 2 aromatic carbocycles. The van der Waals surface area contributed by atoms with Gasteiger partial charge < -0.3 is 14.4 Å². The lowest BCUT2D eigenvalue weighted by Gasteiger charge is -2.41. The summed E-state index contributed by atoms with van der Waals surface area (Å²) in [6.45, 7) is 2.73. The first-order valence-corrected chi connectivity index (χ1v) is 12.3. The lowest BCUT2D eigenvalue weighted by molar-refractivity contribution is -0.137. The second-order valence-electron chi connectivity index (χ2n) is 9.30. The summed E-state index contributed by atoms with van der Waals surface area (Å²) < 4.78 is 51.3. The van der Waals surface area contributed by atoms with Crippen LogP contribution in [0.25, 0.3) is 0 Å². The molecular formula is C27H33F3N2O3. The van der Waals surface area contributed by atoms with E-state index in [1.807, 2.05) is 17.0 Å². The van der Waals surface area contributed by atoms with Crippen LogP contribution in [0.15, 0.2) is 48.5 Å². The van der Waals surface area contributed by atoms with Gasteiger partial charge in [0.15, 0.2) is 0 Å². The molecule has 0 unspecified atom stereocenters. The lowest BCUT2D eigenvalue weighted by atomic mass is 9.93. The van der Waals surface area contributed by atoms with E-state index < -0.39 is 11.7 Å². The zero-order chi connectivity index (χ0) is 24.8. The molecule has 1 amide bonds. The van der Waals surface area contributed by atoms with Gasteiger partial charge in [-0.1, -0.05) is 36.8 Å². The number of rotatable bonds is 3. The van der Waals surface area contributed by atoms with Gasteiger partial charge in [-0.15, -0.1) is 0 Å². The van der Waals surface area contributed by atoms with Gasteiger partial charge in [0.1, 0.15) is 12.4 Å². The highest BCUT2D eigenvalue weighted by Gasteiger charge is 2.35. The second kappa shape index (κ2) is 11.4. The quantitative estimate of drug-likeness (QED) is 0.579. The first kappa shape index (κ1) is 25.5. The molecule has 5 nitrogen and oxygen atoms in total. The zero-order valence-electron chi connectivity index (χ0n) is 20.1. The smallest absolute Gasteiger partial charge is 0.416 e. The molecule has 190 valence electrons. The molecule has 1 fully saturated rings. The van der Waals surface area contributed by atoms with Gasteiger partial charge >= 0.3 is 6.18 Å². The molecule has 0 N–H and O–H groups in total. The van der Waals surface area contributed by atoms with Gasteiger partial charge in [0.25, 0.3) is 5.91 Å². The van der Waals surface area contributed by atoms with Crippen molar-refractivity contribution in [1.29, 1.82) is 0 Å². The van der Waals surface area contributed by atoms with E-state index in [0.29, 0.717) is 43.1 Å². The van der Waals surface area contributed by atoms with Crippen LogP contribution >= 0.6 is 0 Å². The highest BCUT2D eigenvalue weighted by Crippen LogP contribution is 2.31. The number of carbonyl (C=O) groups excluding carboxylic acids is 1. The van der Waals surface area contributed by atoms with E-state index in [1.165, 1.54) is 12.1 Å². The average Bonchev–Trinajstić information content (AvgIpc) is 2.86. The molecule has 2 atom stereocenters. The van der Waals surface area contributed by atoms with Gasteiger partial charge in [-0.05, 0) is 56.0 Å². The summed E-state index contributed by atoms with van der Waals surface area (Å²) in [5, 5.41) is 0. The zero-order valence-corrected chi connectivity index (χ0v) is 20.1. The lowest BCUT2D eigenvalue weighted by Crippen LogP contribution is -2.51. The Labute approximate surface area is 204 Å². The molecule has 0 bridgehead atoms. The molecular weight excluding hydrogens is 457 g/mol. The summed E-state index contributed by atoms with van der Waals surface area (Å²) in [5.41, 5.74) is 0.531. The van der Waals surface area contributed by atoms with Crippen LogP contribution in [0, 0.1) is 0 Å². The number of alkyl halides is 3. The van der Waals surface area contributed by atoms with Crippen LogP contribution in [-0.2, 0) is 17.5 Å². The molecule has 0 aliphatic carbocycles. The SMILES string of the molecule is CO[C@H]1CCCN2C(=O)c3ccccc3OCCN(Cc3cccc(C(F)(F)F)c3)CCCC[C@@H]12. The van der Waals surface area contributed by atoms with Gasteiger partial charge in [-0.3, -0.25) is 9.69 Å². The monoisotopic (exact) mass is 490 g/mol. The van der Waals surface area contributed by atoms with Crippen molar-refractivity contribution in [3.05, 3.63) is 65.2 Å². The van der Waals surface area contributed by atoms with E-state index in [1.54, 1.807) is 25.3 Å². The van der Waals surface area contributed by atoms with Crippen LogP contribution in [0.3, 0.4) is 0 Å². The second-order valence-corrected chi connectivity index (χ2v) is 9.30. The minimum absolute atomic E-state index is 0.00730. The van der Waals surface area contributed by atoms with Crippen LogP contribution in [0.2, 0.25) is 0 Å².